The first-order valence-corrected chi connectivity index (χ1v) is 5.32. The molecule has 1 rings (SSSR count). The summed E-state index contributed by atoms with van der Waals surface area (Å²) in [5.74, 6) is -0.0144. The smallest absolute Gasteiger partial charge is 0.185 e. The van der Waals surface area contributed by atoms with E-state index in [1.165, 1.54) is 0 Å². The third-order valence-electron chi connectivity index (χ3n) is 1.62. The average Bonchev–Trinajstić information content (AvgIpc) is 2.08. The highest BCUT2D eigenvalue weighted by atomic mass is 79.9. The molecule has 14 heavy (non-hydrogen) atoms. The quantitative estimate of drug-likeness (QED) is 0.581. The Morgan fingerprint density at radius 1 is 1.43 bits per heavy atom. The maximum absolute atomic E-state index is 11.6. The van der Waals surface area contributed by atoms with Gasteiger partial charge in [-0.05, 0) is 54.1 Å². The van der Waals surface area contributed by atoms with Gasteiger partial charge in [0, 0.05) is 10.0 Å². The topological polar surface area (TPSA) is 17.1 Å². The molecular formula is C11H10BrClO. The summed E-state index contributed by atoms with van der Waals surface area (Å²) in [6, 6.07) is 5.18. The molecule has 0 amide bonds. The number of halogens is 2. The Hall–Kier alpha value is -0.600. The molecule has 0 atom stereocenters. The highest BCUT2D eigenvalue weighted by molar-refractivity contribution is 9.10. The minimum Gasteiger partial charge on any atom is -0.289 e. The van der Waals surface area contributed by atoms with Crippen LogP contribution in [0.4, 0.5) is 0 Å². The van der Waals surface area contributed by atoms with Crippen LogP contribution in [0.3, 0.4) is 0 Å². The summed E-state index contributed by atoms with van der Waals surface area (Å²) in [4.78, 5) is 11.6. The molecule has 0 unspecified atom stereocenters. The zero-order valence-corrected chi connectivity index (χ0v) is 10.3. The number of allylic oxidation sites excluding steroid dienone is 2. The van der Waals surface area contributed by atoms with Gasteiger partial charge >= 0.3 is 0 Å². The van der Waals surface area contributed by atoms with E-state index in [2.05, 4.69) is 15.9 Å². The fraction of sp³-hybridized carbons (Fsp3) is 0.182. The molecule has 0 aliphatic carbocycles. The van der Waals surface area contributed by atoms with Crippen molar-refractivity contribution in [2.24, 2.45) is 0 Å². The van der Waals surface area contributed by atoms with Crippen LogP contribution in [0.25, 0.3) is 0 Å². The first-order chi connectivity index (χ1) is 6.50. The number of hydrogen-bond donors (Lipinski definition) is 0. The van der Waals surface area contributed by atoms with Crippen molar-refractivity contribution in [1.82, 2.24) is 0 Å². The fourth-order valence-corrected chi connectivity index (χ4v) is 1.42. The van der Waals surface area contributed by atoms with E-state index in [1.807, 2.05) is 13.8 Å². The van der Waals surface area contributed by atoms with Crippen molar-refractivity contribution >= 4 is 33.3 Å². The van der Waals surface area contributed by atoms with Crippen LogP contribution < -0.4 is 0 Å². The molecule has 0 N–H and O–H groups in total. The van der Waals surface area contributed by atoms with Crippen LogP contribution in [0.5, 0.6) is 0 Å². The van der Waals surface area contributed by atoms with E-state index in [0.717, 1.165) is 10.0 Å². The van der Waals surface area contributed by atoms with Gasteiger partial charge in [0.05, 0.1) is 5.02 Å². The van der Waals surface area contributed by atoms with Gasteiger partial charge in [0.1, 0.15) is 0 Å². The van der Waals surface area contributed by atoms with Crippen LogP contribution in [-0.2, 0) is 0 Å². The van der Waals surface area contributed by atoms with Crippen LogP contribution in [-0.4, -0.2) is 5.78 Å². The van der Waals surface area contributed by atoms with E-state index in [9.17, 15) is 4.79 Å². The molecule has 74 valence electrons. The van der Waals surface area contributed by atoms with Crippen molar-refractivity contribution in [2.45, 2.75) is 13.8 Å². The number of ketones is 1. The van der Waals surface area contributed by atoms with Crippen LogP contribution in [0.2, 0.25) is 5.02 Å². The van der Waals surface area contributed by atoms with Crippen molar-refractivity contribution in [2.75, 3.05) is 0 Å². The first kappa shape index (κ1) is 11.5. The average molecular weight is 274 g/mol. The largest absolute Gasteiger partial charge is 0.289 e. The summed E-state index contributed by atoms with van der Waals surface area (Å²) < 4.78 is 0.799. The number of hydrogen-bond acceptors (Lipinski definition) is 1. The Morgan fingerprint density at radius 2 is 2.07 bits per heavy atom. The molecule has 0 aliphatic rings. The molecule has 1 aromatic rings. The molecule has 1 nitrogen and oxygen atoms in total. The SMILES string of the molecule is CC(C)=CC(=O)c1ccc(Br)c(Cl)c1. The summed E-state index contributed by atoms with van der Waals surface area (Å²) in [6.07, 6.45) is 1.60. The van der Waals surface area contributed by atoms with E-state index in [1.54, 1.807) is 24.3 Å². The Labute approximate surface area is 96.9 Å². The minimum absolute atomic E-state index is 0.0144. The van der Waals surface area contributed by atoms with Gasteiger partial charge in [0.15, 0.2) is 5.78 Å². The second kappa shape index (κ2) is 4.76. The molecule has 0 saturated carbocycles. The molecule has 0 saturated heterocycles. The molecule has 0 heterocycles. The lowest BCUT2D eigenvalue weighted by atomic mass is 10.1. The zero-order valence-electron chi connectivity index (χ0n) is 7.97. The van der Waals surface area contributed by atoms with Crippen molar-refractivity contribution < 1.29 is 4.79 Å². The lowest BCUT2D eigenvalue weighted by molar-refractivity contribution is 0.104. The van der Waals surface area contributed by atoms with Crippen LogP contribution in [0.15, 0.2) is 34.3 Å². The molecule has 0 bridgehead atoms. The third kappa shape index (κ3) is 2.96. The highest BCUT2D eigenvalue weighted by Gasteiger charge is 2.04. The Bertz CT molecular complexity index is 392. The second-order valence-corrected chi connectivity index (χ2v) is 4.48. The first-order valence-electron chi connectivity index (χ1n) is 4.15. The van der Waals surface area contributed by atoms with Crippen LogP contribution >= 0.6 is 27.5 Å². The van der Waals surface area contributed by atoms with Crippen molar-refractivity contribution in [3.8, 4) is 0 Å². The number of rotatable bonds is 2. The van der Waals surface area contributed by atoms with E-state index in [-0.39, 0.29) is 5.78 Å². The van der Waals surface area contributed by atoms with Gasteiger partial charge in [-0.15, -0.1) is 0 Å². The predicted molar refractivity (Wildman–Crippen MR) is 62.9 cm³/mol. The molecule has 0 radical (unpaired) electrons. The standard InChI is InChI=1S/C11H10BrClO/c1-7(2)5-11(14)8-3-4-9(12)10(13)6-8/h3-6H,1-2H3. The van der Waals surface area contributed by atoms with Gasteiger partial charge in [0.2, 0.25) is 0 Å². The maximum Gasteiger partial charge on any atom is 0.185 e. The maximum atomic E-state index is 11.6. The Morgan fingerprint density at radius 3 is 2.57 bits per heavy atom. The summed E-state index contributed by atoms with van der Waals surface area (Å²) in [7, 11) is 0. The monoisotopic (exact) mass is 272 g/mol. The van der Waals surface area contributed by atoms with Gasteiger partial charge in [-0.25, -0.2) is 0 Å². The van der Waals surface area contributed by atoms with Crippen molar-refractivity contribution in [3.05, 3.63) is 44.9 Å². The predicted octanol–water partition coefficient (Wildman–Crippen LogP) is 4.25. The fourth-order valence-electron chi connectivity index (χ4n) is 0.995. The minimum atomic E-state index is -0.0144. The van der Waals surface area contributed by atoms with Gasteiger partial charge < -0.3 is 0 Å². The van der Waals surface area contributed by atoms with Gasteiger partial charge in [-0.1, -0.05) is 17.2 Å². The van der Waals surface area contributed by atoms with Gasteiger partial charge in [-0.2, -0.15) is 0 Å². The molecule has 0 spiro atoms. The van der Waals surface area contributed by atoms with Crippen LogP contribution in [0, 0.1) is 0 Å². The van der Waals surface area contributed by atoms with E-state index >= 15 is 0 Å². The number of carbonyl (C=O) groups excluding carboxylic acids is 1. The molecule has 0 aliphatic heterocycles. The van der Waals surface area contributed by atoms with E-state index in [4.69, 9.17) is 11.6 Å². The summed E-state index contributed by atoms with van der Waals surface area (Å²) >= 11 is 9.15. The van der Waals surface area contributed by atoms with Gasteiger partial charge in [-0.3, -0.25) is 4.79 Å². The lowest BCUT2D eigenvalue weighted by Crippen LogP contribution is -1.94. The Kier molecular flexibility index (Phi) is 3.90. The van der Waals surface area contributed by atoms with Crippen molar-refractivity contribution in [3.63, 3.8) is 0 Å². The molecule has 3 heteroatoms. The van der Waals surface area contributed by atoms with Crippen molar-refractivity contribution in [1.29, 1.82) is 0 Å². The summed E-state index contributed by atoms with van der Waals surface area (Å²) in [5, 5.41) is 0.554. The molecule has 1 aromatic carbocycles. The third-order valence-corrected chi connectivity index (χ3v) is 2.86. The van der Waals surface area contributed by atoms with E-state index in [0.29, 0.717) is 10.6 Å². The lowest BCUT2D eigenvalue weighted by Gasteiger charge is -1.99. The summed E-state index contributed by atoms with van der Waals surface area (Å²) in [5.41, 5.74) is 1.59. The second-order valence-electron chi connectivity index (χ2n) is 3.21. The number of carbonyl (C=O) groups is 1. The number of benzene rings is 1. The molecule has 0 fully saturated rings. The zero-order chi connectivity index (χ0) is 10.7. The summed E-state index contributed by atoms with van der Waals surface area (Å²) in [6.45, 7) is 3.77. The molecule has 0 aromatic heterocycles. The Balaban J connectivity index is 3.03. The molecular weight excluding hydrogens is 263 g/mol. The normalized spacial score (nSPS) is 9.71. The van der Waals surface area contributed by atoms with Crippen LogP contribution in [0.1, 0.15) is 24.2 Å². The van der Waals surface area contributed by atoms with Gasteiger partial charge in [0.25, 0.3) is 0 Å². The highest BCUT2D eigenvalue weighted by Crippen LogP contribution is 2.23. The van der Waals surface area contributed by atoms with E-state index < -0.39 is 0 Å².